The second-order valence-corrected chi connectivity index (χ2v) is 7.50. The van der Waals surface area contributed by atoms with Gasteiger partial charge in [-0.3, -0.25) is 0 Å². The van der Waals surface area contributed by atoms with Crippen LogP contribution in [0.25, 0.3) is 22.1 Å². The highest BCUT2D eigenvalue weighted by Gasteiger charge is 2.16. The van der Waals surface area contributed by atoms with E-state index in [-0.39, 0.29) is 24.3 Å². The van der Waals surface area contributed by atoms with Gasteiger partial charge in [0.05, 0.1) is 23.7 Å². The first kappa shape index (κ1) is 20.5. The van der Waals surface area contributed by atoms with Crippen molar-refractivity contribution in [3.63, 3.8) is 0 Å². The van der Waals surface area contributed by atoms with Gasteiger partial charge in [0.25, 0.3) is 0 Å². The molecule has 0 unspecified atom stereocenters. The number of aromatic nitrogens is 4. The minimum atomic E-state index is -1.07. The smallest absolute Gasteiger partial charge is 0.337 e. The Hall–Kier alpha value is -4.40. The standard InChI is InChI=1S/C24H19FN4O4/c1-32-20-8-13(6-14-10-26-23-16(14)7-15(11-27-23)24(30)31)17(25)9-21(20)33-12-22-28-18-4-2-3-5-19(18)29-22/h2-5,7-11H,6,12H2,1H3,(H,26,27)(H,28,29)(H,30,31). The van der Waals surface area contributed by atoms with E-state index < -0.39 is 11.8 Å². The number of aromatic amines is 2. The number of hydrogen-bond donors (Lipinski definition) is 3. The Bertz CT molecular complexity index is 1460. The number of carbonyl (C=O) groups is 1. The van der Waals surface area contributed by atoms with Crippen molar-refractivity contribution in [3.05, 3.63) is 83.2 Å². The number of fused-ring (bicyclic) bond motifs is 2. The van der Waals surface area contributed by atoms with Crippen molar-refractivity contribution in [2.75, 3.05) is 7.11 Å². The zero-order chi connectivity index (χ0) is 22.9. The third-order valence-corrected chi connectivity index (χ3v) is 5.38. The molecule has 0 radical (unpaired) electrons. The maximum absolute atomic E-state index is 15.0. The lowest BCUT2D eigenvalue weighted by Crippen LogP contribution is -2.02. The molecule has 0 aliphatic heterocycles. The number of carboxylic acids is 1. The molecular weight excluding hydrogens is 427 g/mol. The molecule has 5 rings (SSSR count). The van der Waals surface area contributed by atoms with Crippen molar-refractivity contribution < 1.29 is 23.8 Å². The Balaban J connectivity index is 1.40. The van der Waals surface area contributed by atoms with E-state index in [0.29, 0.717) is 28.2 Å². The first-order valence-corrected chi connectivity index (χ1v) is 10.1. The van der Waals surface area contributed by atoms with Crippen LogP contribution in [0.1, 0.15) is 27.3 Å². The fraction of sp³-hybridized carbons (Fsp3) is 0.125. The van der Waals surface area contributed by atoms with Gasteiger partial charge < -0.3 is 24.5 Å². The molecule has 166 valence electrons. The quantitative estimate of drug-likeness (QED) is 0.340. The van der Waals surface area contributed by atoms with Crippen molar-refractivity contribution in [2.45, 2.75) is 13.0 Å². The summed E-state index contributed by atoms with van der Waals surface area (Å²) in [6.07, 6.45) is 3.20. The van der Waals surface area contributed by atoms with Gasteiger partial charge in [-0.1, -0.05) is 12.1 Å². The van der Waals surface area contributed by atoms with Crippen LogP contribution >= 0.6 is 0 Å². The Morgan fingerprint density at radius 3 is 2.79 bits per heavy atom. The van der Waals surface area contributed by atoms with Crippen LogP contribution in [0, 0.1) is 5.82 Å². The molecule has 3 aromatic heterocycles. The van der Waals surface area contributed by atoms with E-state index in [2.05, 4.69) is 19.9 Å². The van der Waals surface area contributed by atoms with Gasteiger partial charge in [0.15, 0.2) is 11.5 Å². The number of hydrogen-bond acceptors (Lipinski definition) is 5. The van der Waals surface area contributed by atoms with Crippen LogP contribution in [0.5, 0.6) is 11.5 Å². The summed E-state index contributed by atoms with van der Waals surface area (Å²) in [5, 5.41) is 9.86. The first-order valence-electron chi connectivity index (χ1n) is 10.1. The lowest BCUT2D eigenvalue weighted by atomic mass is 10.0. The summed E-state index contributed by atoms with van der Waals surface area (Å²) in [5.74, 6) is -0.287. The van der Waals surface area contributed by atoms with Gasteiger partial charge in [-0.15, -0.1) is 0 Å². The van der Waals surface area contributed by atoms with Crippen LogP contribution in [0.15, 0.2) is 54.9 Å². The minimum absolute atomic E-state index is 0.0655. The molecule has 2 aromatic carbocycles. The highest BCUT2D eigenvalue weighted by Crippen LogP contribution is 2.33. The predicted molar refractivity (Wildman–Crippen MR) is 119 cm³/mol. The van der Waals surface area contributed by atoms with Crippen LogP contribution in [0.4, 0.5) is 4.39 Å². The number of halogens is 1. The van der Waals surface area contributed by atoms with Gasteiger partial charge >= 0.3 is 5.97 Å². The predicted octanol–water partition coefficient (Wildman–Crippen LogP) is 4.45. The number of methoxy groups -OCH3 is 1. The number of carboxylic acid groups (broad SMARTS) is 1. The molecule has 0 atom stereocenters. The average molecular weight is 446 g/mol. The van der Waals surface area contributed by atoms with Crippen LogP contribution in [0.3, 0.4) is 0 Å². The molecule has 0 bridgehead atoms. The van der Waals surface area contributed by atoms with Crippen LogP contribution in [-0.4, -0.2) is 38.1 Å². The molecule has 0 aliphatic carbocycles. The van der Waals surface area contributed by atoms with Crippen LogP contribution in [-0.2, 0) is 13.0 Å². The Kier molecular flexibility index (Phi) is 5.14. The number of H-pyrrole nitrogens is 2. The van der Waals surface area contributed by atoms with Gasteiger partial charge in [0.1, 0.15) is 23.9 Å². The molecule has 0 amide bonds. The van der Waals surface area contributed by atoms with Crippen molar-refractivity contribution in [3.8, 4) is 11.5 Å². The second-order valence-electron chi connectivity index (χ2n) is 7.50. The van der Waals surface area contributed by atoms with E-state index in [9.17, 15) is 14.3 Å². The normalized spacial score (nSPS) is 11.2. The van der Waals surface area contributed by atoms with Gasteiger partial charge in [0, 0.05) is 30.3 Å². The van der Waals surface area contributed by atoms with Crippen molar-refractivity contribution in [1.82, 2.24) is 19.9 Å². The van der Waals surface area contributed by atoms with Gasteiger partial charge in [0.2, 0.25) is 0 Å². The zero-order valence-corrected chi connectivity index (χ0v) is 17.6. The number of ether oxygens (including phenoxy) is 2. The summed E-state index contributed by atoms with van der Waals surface area (Å²) >= 11 is 0. The monoisotopic (exact) mass is 446 g/mol. The number of para-hydroxylation sites is 2. The van der Waals surface area contributed by atoms with E-state index in [0.717, 1.165) is 16.6 Å². The van der Waals surface area contributed by atoms with E-state index in [1.165, 1.54) is 25.4 Å². The van der Waals surface area contributed by atoms with E-state index in [1.54, 1.807) is 12.3 Å². The minimum Gasteiger partial charge on any atom is -0.493 e. The van der Waals surface area contributed by atoms with Crippen molar-refractivity contribution >= 4 is 28.0 Å². The number of benzene rings is 2. The fourth-order valence-electron chi connectivity index (χ4n) is 3.73. The third-order valence-electron chi connectivity index (χ3n) is 5.38. The number of imidazole rings is 1. The van der Waals surface area contributed by atoms with Crippen molar-refractivity contribution in [1.29, 1.82) is 0 Å². The molecule has 0 spiro atoms. The van der Waals surface area contributed by atoms with Gasteiger partial charge in [-0.2, -0.15) is 0 Å². The van der Waals surface area contributed by atoms with Crippen LogP contribution < -0.4 is 9.47 Å². The Labute approximate surface area is 187 Å². The third kappa shape index (κ3) is 3.96. The van der Waals surface area contributed by atoms with Crippen LogP contribution in [0.2, 0.25) is 0 Å². The summed E-state index contributed by atoms with van der Waals surface area (Å²) in [4.78, 5) is 26.0. The SMILES string of the molecule is COc1cc(Cc2c[nH]c3ncc(C(=O)O)cc23)c(F)cc1OCc1nc2ccccc2[nH]1. The molecule has 3 heterocycles. The molecule has 5 aromatic rings. The largest absolute Gasteiger partial charge is 0.493 e. The van der Waals surface area contributed by atoms with E-state index in [1.807, 2.05) is 24.3 Å². The molecular formula is C24H19FN4O4. The lowest BCUT2D eigenvalue weighted by Gasteiger charge is -2.12. The molecule has 3 N–H and O–H groups in total. The Morgan fingerprint density at radius 1 is 1.15 bits per heavy atom. The topological polar surface area (TPSA) is 113 Å². The second kappa shape index (κ2) is 8.27. The number of nitrogens with zero attached hydrogens (tertiary/aromatic N) is 2. The molecule has 33 heavy (non-hydrogen) atoms. The lowest BCUT2D eigenvalue weighted by molar-refractivity contribution is 0.0696. The number of nitrogens with one attached hydrogen (secondary N) is 2. The summed E-state index contributed by atoms with van der Waals surface area (Å²) in [6.45, 7) is 0.121. The molecule has 0 aliphatic rings. The summed E-state index contributed by atoms with van der Waals surface area (Å²) < 4.78 is 26.2. The molecule has 0 saturated heterocycles. The number of rotatable bonds is 7. The first-order chi connectivity index (χ1) is 16.0. The van der Waals surface area contributed by atoms with Gasteiger partial charge in [-0.05, 0) is 35.4 Å². The zero-order valence-electron chi connectivity index (χ0n) is 17.6. The highest BCUT2D eigenvalue weighted by molar-refractivity contribution is 5.92. The molecule has 0 saturated carbocycles. The van der Waals surface area contributed by atoms with E-state index in [4.69, 9.17) is 9.47 Å². The molecule has 0 fully saturated rings. The number of pyridine rings is 1. The summed E-state index contributed by atoms with van der Waals surface area (Å²) in [5.41, 5.74) is 3.42. The maximum atomic E-state index is 15.0. The maximum Gasteiger partial charge on any atom is 0.337 e. The van der Waals surface area contributed by atoms with Gasteiger partial charge in [-0.25, -0.2) is 19.2 Å². The average Bonchev–Trinajstić information content (AvgIpc) is 3.42. The van der Waals surface area contributed by atoms with E-state index >= 15 is 0 Å². The fourth-order valence-corrected chi connectivity index (χ4v) is 3.73. The number of aromatic carboxylic acids is 1. The molecule has 9 heteroatoms. The summed E-state index contributed by atoms with van der Waals surface area (Å²) in [6, 6.07) is 12.0. The van der Waals surface area contributed by atoms with Crippen molar-refractivity contribution in [2.24, 2.45) is 0 Å². The molecule has 8 nitrogen and oxygen atoms in total. The highest BCUT2D eigenvalue weighted by atomic mass is 19.1. The summed E-state index contributed by atoms with van der Waals surface area (Å²) in [7, 11) is 1.49. The Morgan fingerprint density at radius 2 is 2.00 bits per heavy atom.